The lowest BCUT2D eigenvalue weighted by Gasteiger charge is -2.12. The number of aliphatic hydroxyl groups excluding tert-OH is 1. The van der Waals surface area contributed by atoms with Crippen molar-refractivity contribution in [1.82, 2.24) is 9.55 Å². The topological polar surface area (TPSA) is 98.2 Å². The molecule has 1 aromatic heterocycles. The van der Waals surface area contributed by atoms with Gasteiger partial charge in [0, 0.05) is 24.5 Å². The molecule has 3 aromatic rings. The summed E-state index contributed by atoms with van der Waals surface area (Å²) in [6.07, 6.45) is 0.487. The van der Waals surface area contributed by atoms with Crippen molar-refractivity contribution in [3.8, 4) is 0 Å². The van der Waals surface area contributed by atoms with Crippen LogP contribution in [0, 0.1) is 0 Å². The van der Waals surface area contributed by atoms with Crippen LogP contribution in [0.3, 0.4) is 0 Å². The smallest absolute Gasteiger partial charge is 0.262 e. The number of rotatable bonds is 7. The van der Waals surface area contributed by atoms with Gasteiger partial charge in [0.05, 0.1) is 10.9 Å². The number of para-hydroxylation sites is 1. The van der Waals surface area contributed by atoms with Crippen molar-refractivity contribution in [2.24, 2.45) is 5.73 Å². The Morgan fingerprint density at radius 3 is 2.58 bits per heavy atom. The van der Waals surface area contributed by atoms with Gasteiger partial charge in [-0.15, -0.1) is 0 Å². The summed E-state index contributed by atoms with van der Waals surface area (Å²) in [6, 6.07) is 14.3. The molecule has 0 saturated heterocycles. The molecule has 26 heavy (non-hydrogen) atoms. The number of aromatic nitrogens is 2. The second kappa shape index (κ2) is 8.16. The van der Waals surface area contributed by atoms with E-state index in [1.54, 1.807) is 22.8 Å². The van der Waals surface area contributed by atoms with Gasteiger partial charge in [-0.3, -0.25) is 14.2 Å². The highest BCUT2D eigenvalue weighted by atomic mass is 32.2. The number of primary amides is 1. The number of hydrogen-bond donors (Lipinski definition) is 2. The summed E-state index contributed by atoms with van der Waals surface area (Å²) in [7, 11) is 0. The molecule has 3 rings (SSSR count). The Bertz CT molecular complexity index is 983. The zero-order valence-electron chi connectivity index (χ0n) is 14.1. The molecule has 0 fully saturated rings. The maximum atomic E-state index is 12.8. The summed E-state index contributed by atoms with van der Waals surface area (Å²) in [5, 5.41) is 10.3. The Morgan fingerprint density at radius 1 is 1.15 bits per heavy atom. The molecular weight excluding hydrogens is 350 g/mol. The maximum Gasteiger partial charge on any atom is 0.262 e. The van der Waals surface area contributed by atoms with E-state index in [1.165, 1.54) is 11.8 Å². The van der Waals surface area contributed by atoms with Gasteiger partial charge in [-0.1, -0.05) is 36.0 Å². The molecule has 0 aliphatic heterocycles. The van der Waals surface area contributed by atoms with Crippen LogP contribution in [0.15, 0.2) is 58.5 Å². The van der Waals surface area contributed by atoms with Crippen LogP contribution >= 0.6 is 11.8 Å². The molecule has 0 saturated carbocycles. The van der Waals surface area contributed by atoms with Crippen LogP contribution in [0.25, 0.3) is 10.9 Å². The first-order chi connectivity index (χ1) is 12.6. The van der Waals surface area contributed by atoms with E-state index >= 15 is 0 Å². The van der Waals surface area contributed by atoms with E-state index in [9.17, 15) is 9.59 Å². The van der Waals surface area contributed by atoms with Crippen LogP contribution in [0.4, 0.5) is 0 Å². The first-order valence-corrected chi connectivity index (χ1v) is 9.20. The summed E-state index contributed by atoms with van der Waals surface area (Å²) < 4.78 is 1.61. The van der Waals surface area contributed by atoms with Crippen LogP contribution in [-0.2, 0) is 12.3 Å². The second-order valence-electron chi connectivity index (χ2n) is 5.80. The number of thioether (sulfide) groups is 1. The predicted octanol–water partition coefficient (Wildman–Crippen LogP) is 2.17. The largest absolute Gasteiger partial charge is 0.396 e. The van der Waals surface area contributed by atoms with Gasteiger partial charge in [0.15, 0.2) is 5.16 Å². The summed E-state index contributed by atoms with van der Waals surface area (Å²) in [5.41, 5.74) is 7.26. The van der Waals surface area contributed by atoms with Crippen LogP contribution in [0.2, 0.25) is 0 Å². The predicted molar refractivity (Wildman–Crippen MR) is 102 cm³/mol. The van der Waals surface area contributed by atoms with Crippen LogP contribution in [-0.4, -0.2) is 27.2 Å². The number of carbonyl (C=O) groups excluding carboxylic acids is 1. The Morgan fingerprint density at radius 2 is 1.88 bits per heavy atom. The van der Waals surface area contributed by atoms with Gasteiger partial charge in [-0.25, -0.2) is 4.98 Å². The zero-order valence-corrected chi connectivity index (χ0v) is 14.9. The molecule has 134 valence electrons. The molecule has 0 radical (unpaired) electrons. The van der Waals surface area contributed by atoms with Crippen molar-refractivity contribution in [2.45, 2.75) is 23.9 Å². The monoisotopic (exact) mass is 369 g/mol. The molecule has 6 nitrogen and oxygen atoms in total. The minimum atomic E-state index is -0.460. The quantitative estimate of drug-likeness (QED) is 0.491. The van der Waals surface area contributed by atoms with Crippen LogP contribution < -0.4 is 11.3 Å². The molecule has 0 spiro atoms. The van der Waals surface area contributed by atoms with Gasteiger partial charge in [-0.2, -0.15) is 0 Å². The molecule has 1 heterocycles. The standard InChI is InChI=1S/C19H19N3O3S/c20-17(24)14-8-6-13(7-9-14)12-26-19-21-16-5-2-1-4-15(16)18(25)22(19)10-3-11-23/h1-2,4-9,23H,3,10-12H2,(H2,20,24). The number of nitrogens with zero attached hydrogens (tertiary/aromatic N) is 2. The lowest BCUT2D eigenvalue weighted by molar-refractivity contribution is 0.100. The Hall–Kier alpha value is -2.64. The average molecular weight is 369 g/mol. The van der Waals surface area contributed by atoms with Crippen molar-refractivity contribution in [1.29, 1.82) is 0 Å². The highest BCUT2D eigenvalue weighted by Crippen LogP contribution is 2.22. The van der Waals surface area contributed by atoms with Gasteiger partial charge >= 0.3 is 0 Å². The van der Waals surface area contributed by atoms with Crippen molar-refractivity contribution < 1.29 is 9.90 Å². The highest BCUT2D eigenvalue weighted by Gasteiger charge is 2.11. The van der Waals surface area contributed by atoms with E-state index in [-0.39, 0.29) is 12.2 Å². The number of fused-ring (bicyclic) bond motifs is 1. The van der Waals surface area contributed by atoms with Gasteiger partial charge < -0.3 is 10.8 Å². The molecular formula is C19H19N3O3S. The van der Waals surface area contributed by atoms with Gasteiger partial charge in [0.25, 0.3) is 5.56 Å². The highest BCUT2D eigenvalue weighted by molar-refractivity contribution is 7.98. The number of nitrogens with two attached hydrogens (primary N) is 1. The van der Waals surface area contributed by atoms with Crippen LogP contribution in [0.1, 0.15) is 22.3 Å². The van der Waals surface area contributed by atoms with Gasteiger partial charge in [0.2, 0.25) is 5.91 Å². The average Bonchev–Trinajstić information content (AvgIpc) is 2.66. The van der Waals surface area contributed by atoms with Crippen molar-refractivity contribution in [3.63, 3.8) is 0 Å². The molecule has 1 amide bonds. The SMILES string of the molecule is NC(=O)c1ccc(CSc2nc3ccccc3c(=O)n2CCCO)cc1. The van der Waals surface area contributed by atoms with Crippen LogP contribution in [0.5, 0.6) is 0 Å². The molecule has 3 N–H and O–H groups in total. The summed E-state index contributed by atoms with van der Waals surface area (Å²) in [5.74, 6) is 0.140. The second-order valence-corrected chi connectivity index (χ2v) is 6.74. The molecule has 0 aliphatic rings. The number of hydrogen-bond acceptors (Lipinski definition) is 5. The summed E-state index contributed by atoms with van der Waals surface area (Å²) in [6.45, 7) is 0.425. The fraction of sp³-hybridized carbons (Fsp3) is 0.211. The number of carbonyl (C=O) groups is 1. The molecule has 2 aromatic carbocycles. The summed E-state index contributed by atoms with van der Waals surface area (Å²) in [4.78, 5) is 28.5. The number of benzene rings is 2. The van der Waals surface area contributed by atoms with Crippen molar-refractivity contribution in [2.75, 3.05) is 6.61 Å². The van der Waals surface area contributed by atoms with Crippen molar-refractivity contribution >= 4 is 28.6 Å². The normalized spacial score (nSPS) is 11.0. The van der Waals surface area contributed by atoms with Crippen molar-refractivity contribution in [3.05, 3.63) is 70.0 Å². The van der Waals surface area contributed by atoms with E-state index in [1.807, 2.05) is 30.3 Å². The molecule has 0 aliphatic carbocycles. The molecule has 7 heteroatoms. The van der Waals surface area contributed by atoms with Gasteiger partial charge in [-0.05, 0) is 36.2 Å². The number of aliphatic hydroxyl groups is 1. The Kier molecular flexibility index (Phi) is 5.70. The fourth-order valence-corrected chi connectivity index (χ4v) is 3.58. The van der Waals surface area contributed by atoms with E-state index in [2.05, 4.69) is 4.98 Å². The third-order valence-corrected chi connectivity index (χ3v) is 5.02. The van der Waals surface area contributed by atoms with E-state index in [4.69, 9.17) is 10.8 Å². The first-order valence-electron chi connectivity index (χ1n) is 8.22. The minimum absolute atomic E-state index is 0.0119. The Balaban J connectivity index is 1.90. The lowest BCUT2D eigenvalue weighted by Crippen LogP contribution is -2.24. The summed E-state index contributed by atoms with van der Waals surface area (Å²) >= 11 is 1.45. The molecule has 0 atom stereocenters. The molecule has 0 unspecified atom stereocenters. The fourth-order valence-electron chi connectivity index (χ4n) is 2.60. The van der Waals surface area contributed by atoms with E-state index in [0.29, 0.717) is 40.3 Å². The number of amides is 1. The van der Waals surface area contributed by atoms with Gasteiger partial charge in [0.1, 0.15) is 0 Å². The first kappa shape index (κ1) is 18.2. The van der Waals surface area contributed by atoms with E-state index < -0.39 is 5.91 Å². The lowest BCUT2D eigenvalue weighted by atomic mass is 10.1. The Labute approximate surface area is 154 Å². The molecule has 0 bridgehead atoms. The third kappa shape index (κ3) is 3.95. The zero-order chi connectivity index (χ0) is 18.5. The minimum Gasteiger partial charge on any atom is -0.396 e. The van der Waals surface area contributed by atoms with E-state index in [0.717, 1.165) is 5.56 Å². The third-order valence-electron chi connectivity index (χ3n) is 3.97. The maximum absolute atomic E-state index is 12.8.